The minimum absolute atomic E-state index is 0.0362. The van der Waals surface area contributed by atoms with Crippen LogP contribution in [0.5, 0.6) is 5.75 Å². The lowest BCUT2D eigenvalue weighted by atomic mass is 9.81. The van der Waals surface area contributed by atoms with E-state index >= 15 is 0 Å². The lowest BCUT2D eigenvalue weighted by Crippen LogP contribution is -2.41. The number of carbonyl (C=O) groups is 1. The van der Waals surface area contributed by atoms with Crippen molar-refractivity contribution in [1.82, 2.24) is 9.88 Å². The monoisotopic (exact) mass is 408 g/mol. The van der Waals surface area contributed by atoms with Crippen LogP contribution in [0.3, 0.4) is 0 Å². The number of hydrogen-bond donors (Lipinski definition) is 1. The summed E-state index contributed by atoms with van der Waals surface area (Å²) >= 11 is 0. The molecule has 4 rings (SSSR count). The van der Waals surface area contributed by atoms with E-state index in [1.807, 2.05) is 0 Å². The number of aromatic nitrogens is 1. The minimum Gasteiger partial charge on any atom is -0.497 e. The van der Waals surface area contributed by atoms with E-state index in [9.17, 15) is 13.6 Å². The number of aliphatic imine (C=N–C) groups is 1. The van der Waals surface area contributed by atoms with Crippen molar-refractivity contribution in [3.8, 4) is 16.9 Å². The quantitative estimate of drug-likeness (QED) is 0.720. The number of hydrogen-bond acceptors (Lipinski definition) is 5. The van der Waals surface area contributed by atoms with Crippen molar-refractivity contribution in [2.75, 3.05) is 14.2 Å². The average Bonchev–Trinajstić information content (AvgIpc) is 2.99. The molecule has 1 aliphatic rings. The lowest BCUT2D eigenvalue weighted by molar-refractivity contribution is -0.129. The maximum atomic E-state index is 14.6. The van der Waals surface area contributed by atoms with Crippen molar-refractivity contribution >= 4 is 11.9 Å². The van der Waals surface area contributed by atoms with E-state index in [1.165, 1.54) is 49.5 Å². The number of likely N-dealkylation sites (N-methyl/N-ethyl adjacent to an activating group) is 1. The second-order valence-corrected chi connectivity index (χ2v) is 6.86. The number of pyridine rings is 1. The van der Waals surface area contributed by atoms with Crippen molar-refractivity contribution in [3.05, 3.63) is 83.7 Å². The van der Waals surface area contributed by atoms with Gasteiger partial charge in [-0.15, -0.1) is 0 Å². The fourth-order valence-electron chi connectivity index (χ4n) is 3.55. The molecule has 0 saturated heterocycles. The molecule has 6 nitrogen and oxygen atoms in total. The molecule has 1 aromatic heterocycles. The number of methoxy groups -OCH3 is 1. The molecule has 0 spiro atoms. The highest BCUT2D eigenvalue weighted by molar-refractivity contribution is 6.09. The second kappa shape index (κ2) is 7.22. The maximum Gasteiger partial charge on any atom is 0.266 e. The molecular formula is C22H18F2N4O2. The summed E-state index contributed by atoms with van der Waals surface area (Å²) in [7, 11) is 3.06. The molecule has 0 aliphatic carbocycles. The van der Waals surface area contributed by atoms with Crippen LogP contribution < -0.4 is 10.5 Å². The Kier molecular flexibility index (Phi) is 4.69. The molecule has 0 fully saturated rings. The number of carbonyl (C=O) groups excluding carboxylic acids is 1. The van der Waals surface area contributed by atoms with E-state index in [1.54, 1.807) is 24.3 Å². The summed E-state index contributed by atoms with van der Waals surface area (Å²) in [5.74, 6) is -0.919. The summed E-state index contributed by atoms with van der Waals surface area (Å²) in [4.78, 5) is 22.8. The summed E-state index contributed by atoms with van der Waals surface area (Å²) < 4.78 is 33.5. The SMILES string of the molecule is COc1ccc([C@@]2(c3ccc(F)c(-c4cncc(F)c4)c3)N=C(N)N(C)C2=O)cc1. The minimum atomic E-state index is -1.51. The first-order chi connectivity index (χ1) is 14.4. The summed E-state index contributed by atoms with van der Waals surface area (Å²) in [5, 5.41) is 0. The lowest BCUT2D eigenvalue weighted by Gasteiger charge is -2.27. The predicted octanol–water partition coefficient (Wildman–Crippen LogP) is 3.07. The van der Waals surface area contributed by atoms with Crippen molar-refractivity contribution in [2.24, 2.45) is 10.7 Å². The van der Waals surface area contributed by atoms with Gasteiger partial charge in [0.25, 0.3) is 5.91 Å². The summed E-state index contributed by atoms with van der Waals surface area (Å²) in [6.07, 6.45) is 2.39. The molecule has 8 heteroatoms. The Balaban J connectivity index is 1.95. The highest BCUT2D eigenvalue weighted by Gasteiger charge is 2.49. The number of ether oxygens (including phenoxy) is 1. The van der Waals surface area contributed by atoms with Crippen molar-refractivity contribution < 1.29 is 18.3 Å². The highest BCUT2D eigenvalue weighted by Crippen LogP contribution is 2.41. The molecule has 152 valence electrons. The molecule has 1 aliphatic heterocycles. The number of halogens is 2. The Bertz CT molecular complexity index is 1160. The van der Waals surface area contributed by atoms with Crippen LogP contribution in [0, 0.1) is 11.6 Å². The zero-order chi connectivity index (χ0) is 21.5. The van der Waals surface area contributed by atoms with Crippen molar-refractivity contribution in [1.29, 1.82) is 0 Å². The van der Waals surface area contributed by atoms with Crippen LogP contribution in [0.2, 0.25) is 0 Å². The van der Waals surface area contributed by atoms with Crippen LogP contribution in [0.1, 0.15) is 11.1 Å². The van der Waals surface area contributed by atoms with E-state index in [2.05, 4.69) is 9.98 Å². The Morgan fingerprint density at radius 3 is 2.33 bits per heavy atom. The third-order valence-corrected chi connectivity index (χ3v) is 5.15. The van der Waals surface area contributed by atoms with Gasteiger partial charge in [-0.3, -0.25) is 14.7 Å². The van der Waals surface area contributed by atoms with Gasteiger partial charge in [-0.2, -0.15) is 0 Å². The Hall–Kier alpha value is -3.81. The van der Waals surface area contributed by atoms with Gasteiger partial charge in [0.05, 0.1) is 13.3 Å². The number of rotatable bonds is 4. The first kappa shape index (κ1) is 19.5. The van der Waals surface area contributed by atoms with Crippen LogP contribution in [-0.4, -0.2) is 35.9 Å². The topological polar surface area (TPSA) is 80.8 Å². The number of nitrogens with zero attached hydrogens (tertiary/aromatic N) is 3. The average molecular weight is 408 g/mol. The van der Waals surface area contributed by atoms with Gasteiger partial charge in [-0.05, 0) is 41.5 Å². The van der Waals surface area contributed by atoms with Gasteiger partial charge in [0.15, 0.2) is 11.5 Å². The third kappa shape index (κ3) is 2.97. The van der Waals surface area contributed by atoms with E-state index in [0.29, 0.717) is 16.9 Å². The molecule has 1 amide bonds. The molecule has 3 aromatic rings. The normalized spacial score (nSPS) is 18.5. The van der Waals surface area contributed by atoms with Crippen LogP contribution >= 0.6 is 0 Å². The predicted molar refractivity (Wildman–Crippen MR) is 108 cm³/mol. The fraction of sp³-hybridized carbons (Fsp3) is 0.136. The zero-order valence-corrected chi connectivity index (χ0v) is 16.3. The molecule has 30 heavy (non-hydrogen) atoms. The summed E-state index contributed by atoms with van der Waals surface area (Å²) in [6, 6.07) is 12.2. The molecule has 2 N–H and O–H groups in total. The van der Waals surface area contributed by atoms with E-state index in [-0.39, 0.29) is 23.0 Å². The molecule has 0 unspecified atom stereocenters. The van der Waals surface area contributed by atoms with Crippen LogP contribution in [0.4, 0.5) is 8.78 Å². The summed E-state index contributed by atoms with van der Waals surface area (Å²) in [5.41, 5.74) is 5.74. The standard InChI is InChI=1S/C22H18F2N4O2/c1-28-20(29)22(27-21(28)25,14-3-6-17(30-2)7-4-14)15-5-8-19(24)18(10-15)13-9-16(23)12-26-11-13/h3-12H,1-2H3,(H2,25,27)/t22-/m0/s1. The van der Waals surface area contributed by atoms with E-state index in [0.717, 1.165) is 6.20 Å². The van der Waals surface area contributed by atoms with Crippen LogP contribution in [0.25, 0.3) is 11.1 Å². The number of benzene rings is 2. The fourth-order valence-corrected chi connectivity index (χ4v) is 3.55. The maximum absolute atomic E-state index is 14.6. The molecule has 2 aromatic carbocycles. The van der Waals surface area contributed by atoms with Crippen LogP contribution in [-0.2, 0) is 10.3 Å². The van der Waals surface area contributed by atoms with Crippen molar-refractivity contribution in [2.45, 2.75) is 5.54 Å². The number of guanidine groups is 1. The molecule has 0 saturated carbocycles. The highest BCUT2D eigenvalue weighted by atomic mass is 19.1. The molecule has 1 atom stereocenters. The Labute approximate surface area is 171 Å². The molecule has 0 radical (unpaired) electrons. The summed E-state index contributed by atoms with van der Waals surface area (Å²) in [6.45, 7) is 0. The van der Waals surface area contributed by atoms with Crippen molar-refractivity contribution in [3.63, 3.8) is 0 Å². The van der Waals surface area contributed by atoms with E-state index < -0.39 is 17.2 Å². The number of amides is 1. The first-order valence-corrected chi connectivity index (χ1v) is 9.06. The van der Waals surface area contributed by atoms with Gasteiger partial charge in [0.1, 0.15) is 17.4 Å². The molecule has 0 bridgehead atoms. The number of nitrogens with two attached hydrogens (primary N) is 1. The van der Waals surface area contributed by atoms with Gasteiger partial charge in [0, 0.05) is 24.4 Å². The van der Waals surface area contributed by atoms with Crippen LogP contribution in [0.15, 0.2) is 65.9 Å². The third-order valence-electron chi connectivity index (χ3n) is 5.15. The van der Waals surface area contributed by atoms with Gasteiger partial charge in [-0.1, -0.05) is 18.2 Å². The van der Waals surface area contributed by atoms with Gasteiger partial charge < -0.3 is 10.5 Å². The Morgan fingerprint density at radius 2 is 1.73 bits per heavy atom. The zero-order valence-electron chi connectivity index (χ0n) is 16.3. The molecular weight excluding hydrogens is 390 g/mol. The van der Waals surface area contributed by atoms with E-state index in [4.69, 9.17) is 10.5 Å². The second-order valence-electron chi connectivity index (χ2n) is 6.86. The van der Waals surface area contributed by atoms with Gasteiger partial charge in [-0.25, -0.2) is 13.8 Å². The smallest absolute Gasteiger partial charge is 0.266 e. The van der Waals surface area contributed by atoms with Gasteiger partial charge >= 0.3 is 0 Å². The Morgan fingerprint density at radius 1 is 1.03 bits per heavy atom. The molecule has 2 heterocycles. The first-order valence-electron chi connectivity index (χ1n) is 9.06. The largest absolute Gasteiger partial charge is 0.497 e. The van der Waals surface area contributed by atoms with Gasteiger partial charge in [0.2, 0.25) is 0 Å².